The molecule has 8 nitrogen and oxygen atoms in total. The van der Waals surface area contributed by atoms with Crippen molar-refractivity contribution in [2.45, 2.75) is 25.2 Å². The third kappa shape index (κ3) is 6.55. The van der Waals surface area contributed by atoms with Gasteiger partial charge in [0, 0.05) is 17.0 Å². The van der Waals surface area contributed by atoms with E-state index < -0.39 is 23.0 Å². The van der Waals surface area contributed by atoms with Gasteiger partial charge in [-0.25, -0.2) is 4.79 Å². The summed E-state index contributed by atoms with van der Waals surface area (Å²) in [4.78, 5) is 22.8. The van der Waals surface area contributed by atoms with Crippen molar-refractivity contribution >= 4 is 11.7 Å². The Kier molecular flexibility index (Phi) is 8.23. The number of nitrogens with one attached hydrogen (secondary N) is 1. The van der Waals surface area contributed by atoms with E-state index in [-0.39, 0.29) is 19.6 Å². The number of hydrogen-bond donors (Lipinski definition) is 1. The molecule has 2 aromatic carbocycles. The Morgan fingerprint density at radius 2 is 1.79 bits per heavy atom. The van der Waals surface area contributed by atoms with Crippen LogP contribution in [0, 0.1) is 10.1 Å². The number of carbonyl (C=O) groups is 1. The van der Waals surface area contributed by atoms with Gasteiger partial charge in [-0.05, 0) is 29.8 Å². The van der Waals surface area contributed by atoms with Crippen LogP contribution in [-0.4, -0.2) is 43.8 Å². The van der Waals surface area contributed by atoms with Gasteiger partial charge < -0.3 is 19.5 Å². The fourth-order valence-electron chi connectivity index (χ4n) is 2.67. The van der Waals surface area contributed by atoms with Crippen LogP contribution in [0.5, 0.6) is 5.75 Å². The number of benzene rings is 2. The maximum atomic E-state index is 12.3. The largest absolute Gasteiger partial charge is 0.497 e. The molecule has 2 rings (SSSR count). The maximum absolute atomic E-state index is 12.3. The third-order valence-corrected chi connectivity index (χ3v) is 4.14. The summed E-state index contributed by atoms with van der Waals surface area (Å²) in [5.74, 6) is 0.0857. The van der Waals surface area contributed by atoms with Crippen LogP contribution in [0.15, 0.2) is 54.6 Å². The minimum Gasteiger partial charge on any atom is -0.497 e. The third-order valence-electron chi connectivity index (χ3n) is 4.14. The molecule has 0 aromatic heterocycles. The molecular formula is C20H24N2O6. The summed E-state index contributed by atoms with van der Waals surface area (Å²) in [7, 11) is 2.83. The predicted octanol–water partition coefficient (Wildman–Crippen LogP) is 2.90. The topological polar surface area (TPSA) is 99.9 Å². The molecule has 0 fully saturated rings. The minimum atomic E-state index is -1.01. The Hall–Kier alpha value is -3.13. The lowest BCUT2D eigenvalue weighted by Crippen LogP contribution is -2.43. The van der Waals surface area contributed by atoms with Crippen molar-refractivity contribution in [2.24, 2.45) is 0 Å². The summed E-state index contributed by atoms with van der Waals surface area (Å²) in [5.41, 5.74) is 1.57. The lowest BCUT2D eigenvalue weighted by atomic mass is 10.1. The highest BCUT2D eigenvalue weighted by Gasteiger charge is 2.31. The molecule has 0 amide bonds. The number of esters is 1. The number of nitro groups is 1. The van der Waals surface area contributed by atoms with Crippen LogP contribution in [0.2, 0.25) is 0 Å². The molecule has 1 N–H and O–H groups in total. The number of ether oxygens (including phenoxy) is 3. The molecule has 0 aliphatic rings. The summed E-state index contributed by atoms with van der Waals surface area (Å²) < 4.78 is 15.8. The SMILES string of the molecule is COC(=O)[C@H](OCc1ccccc1)[C@H](CC[N+](=O)[O-])Nc1ccc(OC)cc1. The molecule has 0 heterocycles. The highest BCUT2D eigenvalue weighted by molar-refractivity contribution is 5.76. The first kappa shape index (κ1) is 21.2. The van der Waals surface area contributed by atoms with Gasteiger partial charge in [0.2, 0.25) is 6.54 Å². The van der Waals surface area contributed by atoms with Crippen molar-refractivity contribution in [1.82, 2.24) is 0 Å². The second-order valence-electron chi connectivity index (χ2n) is 6.06. The summed E-state index contributed by atoms with van der Waals surface area (Å²) in [6.45, 7) is -0.129. The number of nitrogens with zero attached hydrogens (tertiary/aromatic N) is 1. The Labute approximate surface area is 163 Å². The number of anilines is 1. The monoisotopic (exact) mass is 388 g/mol. The van der Waals surface area contributed by atoms with Crippen LogP contribution < -0.4 is 10.1 Å². The molecular weight excluding hydrogens is 364 g/mol. The molecule has 0 aliphatic carbocycles. The first-order valence-electron chi connectivity index (χ1n) is 8.79. The maximum Gasteiger partial charge on any atom is 0.337 e. The smallest absolute Gasteiger partial charge is 0.337 e. The van der Waals surface area contributed by atoms with E-state index in [0.717, 1.165) is 5.56 Å². The second-order valence-corrected chi connectivity index (χ2v) is 6.06. The Balaban J connectivity index is 2.17. The molecule has 0 bridgehead atoms. The molecule has 0 unspecified atom stereocenters. The zero-order valence-electron chi connectivity index (χ0n) is 15.9. The van der Waals surface area contributed by atoms with Gasteiger partial charge in [0.1, 0.15) is 5.75 Å². The Morgan fingerprint density at radius 3 is 2.36 bits per heavy atom. The minimum absolute atomic E-state index is 0.0909. The van der Waals surface area contributed by atoms with E-state index in [4.69, 9.17) is 14.2 Å². The van der Waals surface area contributed by atoms with Gasteiger partial charge in [-0.2, -0.15) is 0 Å². The zero-order chi connectivity index (χ0) is 20.4. The normalized spacial score (nSPS) is 12.6. The summed E-state index contributed by atoms with van der Waals surface area (Å²) in [5, 5.41) is 14.0. The van der Waals surface area contributed by atoms with Gasteiger partial charge >= 0.3 is 5.97 Å². The van der Waals surface area contributed by atoms with E-state index in [9.17, 15) is 14.9 Å². The average molecular weight is 388 g/mol. The van der Waals surface area contributed by atoms with Crippen LogP contribution in [0.1, 0.15) is 12.0 Å². The summed E-state index contributed by atoms with van der Waals surface area (Å²) in [6.07, 6.45) is -0.916. The zero-order valence-corrected chi connectivity index (χ0v) is 15.9. The van der Waals surface area contributed by atoms with Crippen molar-refractivity contribution in [3.05, 3.63) is 70.3 Å². The van der Waals surface area contributed by atoms with Crippen LogP contribution in [0.3, 0.4) is 0 Å². The number of hydrogen-bond acceptors (Lipinski definition) is 7. The van der Waals surface area contributed by atoms with Gasteiger partial charge in [-0.15, -0.1) is 0 Å². The standard InChI is InChI=1S/C20H24N2O6/c1-26-17-10-8-16(9-11-17)21-18(12-13-22(24)25)19(20(23)27-2)28-14-15-6-4-3-5-7-15/h3-11,18-19,21H,12-14H2,1-2H3/t18-,19+/m0/s1. The number of rotatable bonds is 11. The highest BCUT2D eigenvalue weighted by atomic mass is 16.6. The van der Waals surface area contributed by atoms with E-state index in [0.29, 0.717) is 11.4 Å². The van der Waals surface area contributed by atoms with Crippen LogP contribution >= 0.6 is 0 Å². The summed E-state index contributed by atoms with van der Waals surface area (Å²) >= 11 is 0. The van der Waals surface area contributed by atoms with Crippen LogP contribution in [0.4, 0.5) is 5.69 Å². The van der Waals surface area contributed by atoms with E-state index in [1.54, 1.807) is 31.4 Å². The second kappa shape index (κ2) is 10.9. The Morgan fingerprint density at radius 1 is 1.11 bits per heavy atom. The number of methoxy groups -OCH3 is 2. The number of carbonyl (C=O) groups excluding carboxylic acids is 1. The first-order valence-corrected chi connectivity index (χ1v) is 8.79. The van der Waals surface area contributed by atoms with E-state index in [1.165, 1.54) is 7.11 Å². The van der Waals surface area contributed by atoms with Crippen LogP contribution in [0.25, 0.3) is 0 Å². The molecule has 0 saturated heterocycles. The van der Waals surface area contributed by atoms with Gasteiger partial charge in [-0.3, -0.25) is 10.1 Å². The van der Waals surface area contributed by atoms with E-state index in [2.05, 4.69) is 5.32 Å². The van der Waals surface area contributed by atoms with Crippen molar-refractivity contribution in [3.63, 3.8) is 0 Å². The van der Waals surface area contributed by atoms with Crippen molar-refractivity contribution in [1.29, 1.82) is 0 Å². The van der Waals surface area contributed by atoms with E-state index >= 15 is 0 Å². The molecule has 28 heavy (non-hydrogen) atoms. The quantitative estimate of drug-likeness (QED) is 0.359. The van der Waals surface area contributed by atoms with Crippen LogP contribution in [-0.2, 0) is 20.9 Å². The predicted molar refractivity (Wildman–Crippen MR) is 104 cm³/mol. The van der Waals surface area contributed by atoms with Crippen molar-refractivity contribution in [3.8, 4) is 5.75 Å². The fraction of sp³-hybridized carbons (Fsp3) is 0.350. The molecule has 0 spiro atoms. The lowest BCUT2D eigenvalue weighted by molar-refractivity contribution is -0.480. The molecule has 0 saturated carbocycles. The summed E-state index contributed by atoms with van der Waals surface area (Å²) in [6, 6.07) is 15.8. The molecule has 0 radical (unpaired) electrons. The first-order chi connectivity index (χ1) is 13.5. The van der Waals surface area contributed by atoms with Crippen molar-refractivity contribution in [2.75, 3.05) is 26.1 Å². The van der Waals surface area contributed by atoms with Gasteiger partial charge in [-0.1, -0.05) is 30.3 Å². The fourth-order valence-corrected chi connectivity index (χ4v) is 2.67. The molecule has 2 aromatic rings. The molecule has 2 atom stereocenters. The van der Waals surface area contributed by atoms with Gasteiger partial charge in [0.15, 0.2) is 6.10 Å². The molecule has 8 heteroatoms. The highest BCUT2D eigenvalue weighted by Crippen LogP contribution is 2.19. The van der Waals surface area contributed by atoms with Crippen molar-refractivity contribution < 1.29 is 23.9 Å². The van der Waals surface area contributed by atoms with E-state index in [1.807, 2.05) is 30.3 Å². The molecule has 150 valence electrons. The average Bonchev–Trinajstić information content (AvgIpc) is 2.72. The van der Waals surface area contributed by atoms with Gasteiger partial charge in [0.25, 0.3) is 0 Å². The molecule has 0 aliphatic heterocycles. The Bertz CT molecular complexity index is 751. The van der Waals surface area contributed by atoms with Gasteiger partial charge in [0.05, 0.1) is 26.9 Å². The lowest BCUT2D eigenvalue weighted by Gasteiger charge is -2.26.